The molecule has 19 heavy (non-hydrogen) atoms. The molecule has 0 N–H and O–H groups in total. The van der Waals surface area contributed by atoms with E-state index in [1.807, 2.05) is 32.9 Å². The fourth-order valence-corrected chi connectivity index (χ4v) is 2.15. The van der Waals surface area contributed by atoms with Crippen LogP contribution in [0.2, 0.25) is 0 Å². The van der Waals surface area contributed by atoms with Gasteiger partial charge in [-0.3, -0.25) is 0 Å². The van der Waals surface area contributed by atoms with Crippen LogP contribution >= 0.6 is 0 Å². The van der Waals surface area contributed by atoms with Gasteiger partial charge in [0.15, 0.2) is 0 Å². The van der Waals surface area contributed by atoms with Gasteiger partial charge in [-0.2, -0.15) is 5.10 Å². The number of carbonyl (C=O) groups excluding carboxylic acids is 1. The van der Waals surface area contributed by atoms with E-state index >= 15 is 0 Å². The number of carbonyl (C=O) groups is 1. The molecule has 0 aliphatic rings. The molecule has 0 spiro atoms. The van der Waals surface area contributed by atoms with Crippen LogP contribution in [0.1, 0.15) is 34.1 Å². The summed E-state index contributed by atoms with van der Waals surface area (Å²) in [5.41, 5.74) is 4.61. The second-order valence-corrected chi connectivity index (χ2v) is 4.62. The Labute approximate surface area is 113 Å². The number of aromatic nitrogens is 2. The van der Waals surface area contributed by atoms with Crippen molar-refractivity contribution in [2.75, 3.05) is 6.61 Å². The third-order valence-electron chi connectivity index (χ3n) is 2.96. The molecule has 1 aromatic heterocycles. The highest BCUT2D eigenvalue weighted by atomic mass is 16.5. The number of rotatable bonds is 3. The molecule has 2 aromatic rings. The number of benzene rings is 1. The first-order chi connectivity index (χ1) is 9.02. The van der Waals surface area contributed by atoms with E-state index in [9.17, 15) is 4.79 Å². The molecule has 0 atom stereocenters. The minimum Gasteiger partial charge on any atom is -0.462 e. The number of ether oxygens (including phenoxy) is 1. The largest absolute Gasteiger partial charge is 0.462 e. The molecule has 1 heterocycles. The predicted octanol–water partition coefficient (Wildman–Crippen LogP) is 2.97. The summed E-state index contributed by atoms with van der Waals surface area (Å²) < 4.78 is 6.78. The van der Waals surface area contributed by atoms with Crippen molar-refractivity contribution in [3.05, 3.63) is 46.8 Å². The topological polar surface area (TPSA) is 44.1 Å². The van der Waals surface area contributed by atoms with E-state index in [0.717, 1.165) is 11.4 Å². The lowest BCUT2D eigenvalue weighted by Crippen LogP contribution is -2.07. The Hall–Kier alpha value is -2.10. The SMILES string of the molecule is CCOC(=O)c1cnn(-c2cc(C)cc(C)c2)c1C. The molecule has 0 saturated heterocycles. The van der Waals surface area contributed by atoms with E-state index in [1.54, 1.807) is 17.8 Å². The molecule has 4 heteroatoms. The van der Waals surface area contributed by atoms with Gasteiger partial charge in [-0.25, -0.2) is 9.48 Å². The molecule has 0 aliphatic carbocycles. The molecule has 0 amide bonds. The maximum Gasteiger partial charge on any atom is 0.341 e. The smallest absolute Gasteiger partial charge is 0.341 e. The van der Waals surface area contributed by atoms with Crippen molar-refractivity contribution >= 4 is 5.97 Å². The summed E-state index contributed by atoms with van der Waals surface area (Å²) in [6.45, 7) is 8.12. The van der Waals surface area contributed by atoms with Crippen LogP contribution in [-0.4, -0.2) is 22.4 Å². The average molecular weight is 258 g/mol. The monoisotopic (exact) mass is 258 g/mol. The lowest BCUT2D eigenvalue weighted by molar-refractivity contribution is 0.0525. The Morgan fingerprint density at radius 3 is 2.42 bits per heavy atom. The highest BCUT2D eigenvalue weighted by Crippen LogP contribution is 2.17. The normalized spacial score (nSPS) is 10.5. The molecule has 1 aromatic carbocycles. The molecule has 0 saturated carbocycles. The zero-order valence-corrected chi connectivity index (χ0v) is 11.7. The van der Waals surface area contributed by atoms with Gasteiger partial charge < -0.3 is 4.74 Å². The van der Waals surface area contributed by atoms with Crippen molar-refractivity contribution in [1.82, 2.24) is 9.78 Å². The maximum atomic E-state index is 11.8. The number of nitrogens with zero attached hydrogens (tertiary/aromatic N) is 2. The van der Waals surface area contributed by atoms with Crippen LogP contribution < -0.4 is 0 Å². The molecular formula is C15H18N2O2. The van der Waals surface area contributed by atoms with Gasteiger partial charge in [-0.05, 0) is 51.0 Å². The standard InChI is InChI=1S/C15H18N2O2/c1-5-19-15(18)14-9-16-17(12(14)4)13-7-10(2)6-11(3)8-13/h6-9H,5H2,1-4H3. The van der Waals surface area contributed by atoms with E-state index in [-0.39, 0.29) is 5.97 Å². The van der Waals surface area contributed by atoms with Crippen molar-refractivity contribution in [3.63, 3.8) is 0 Å². The summed E-state index contributed by atoms with van der Waals surface area (Å²) in [4.78, 5) is 11.8. The van der Waals surface area contributed by atoms with Gasteiger partial charge >= 0.3 is 5.97 Å². The third-order valence-corrected chi connectivity index (χ3v) is 2.96. The molecule has 0 radical (unpaired) electrons. The summed E-state index contributed by atoms with van der Waals surface area (Å²) in [7, 11) is 0. The van der Waals surface area contributed by atoms with Crippen molar-refractivity contribution in [1.29, 1.82) is 0 Å². The minimum atomic E-state index is -0.323. The molecule has 0 bridgehead atoms. The van der Waals surface area contributed by atoms with E-state index in [1.165, 1.54) is 11.1 Å². The quantitative estimate of drug-likeness (QED) is 0.795. The van der Waals surface area contributed by atoms with Gasteiger partial charge in [0.1, 0.15) is 5.56 Å². The van der Waals surface area contributed by atoms with Crippen LogP contribution in [0.25, 0.3) is 5.69 Å². The summed E-state index contributed by atoms with van der Waals surface area (Å²) in [6.07, 6.45) is 1.56. The van der Waals surface area contributed by atoms with Gasteiger partial charge in [-0.15, -0.1) is 0 Å². The lowest BCUT2D eigenvalue weighted by Gasteiger charge is -2.08. The van der Waals surface area contributed by atoms with E-state index in [2.05, 4.69) is 11.2 Å². The molecule has 4 nitrogen and oxygen atoms in total. The zero-order valence-electron chi connectivity index (χ0n) is 11.7. The van der Waals surface area contributed by atoms with Crippen LogP contribution in [0.4, 0.5) is 0 Å². The molecule has 2 rings (SSSR count). The first kappa shape index (κ1) is 13.3. The average Bonchev–Trinajstić information content (AvgIpc) is 2.70. The number of esters is 1. The number of aryl methyl sites for hydroxylation is 2. The highest BCUT2D eigenvalue weighted by molar-refractivity contribution is 5.90. The Balaban J connectivity index is 2.44. The van der Waals surface area contributed by atoms with Gasteiger partial charge in [-0.1, -0.05) is 6.07 Å². The molecule has 0 fully saturated rings. The fourth-order valence-electron chi connectivity index (χ4n) is 2.15. The molecule has 100 valence electrons. The predicted molar refractivity (Wildman–Crippen MR) is 73.7 cm³/mol. The van der Waals surface area contributed by atoms with Gasteiger partial charge in [0.25, 0.3) is 0 Å². The van der Waals surface area contributed by atoms with E-state index < -0.39 is 0 Å². The lowest BCUT2D eigenvalue weighted by atomic mass is 10.1. The Bertz CT molecular complexity index is 594. The summed E-state index contributed by atoms with van der Waals surface area (Å²) in [6, 6.07) is 6.19. The Morgan fingerprint density at radius 2 is 1.84 bits per heavy atom. The maximum absolute atomic E-state index is 11.8. The van der Waals surface area contributed by atoms with Gasteiger partial charge in [0, 0.05) is 0 Å². The van der Waals surface area contributed by atoms with Crippen LogP contribution in [0, 0.1) is 20.8 Å². The number of hydrogen-bond acceptors (Lipinski definition) is 3. The molecule has 0 unspecified atom stereocenters. The van der Waals surface area contributed by atoms with Crippen LogP contribution in [0.3, 0.4) is 0 Å². The highest BCUT2D eigenvalue weighted by Gasteiger charge is 2.16. The van der Waals surface area contributed by atoms with E-state index in [4.69, 9.17) is 4.74 Å². The van der Waals surface area contributed by atoms with Gasteiger partial charge in [0.05, 0.1) is 24.2 Å². The van der Waals surface area contributed by atoms with Crippen molar-refractivity contribution in [3.8, 4) is 5.69 Å². The summed E-state index contributed by atoms with van der Waals surface area (Å²) in [5.74, 6) is -0.323. The summed E-state index contributed by atoms with van der Waals surface area (Å²) in [5, 5.41) is 4.29. The second-order valence-electron chi connectivity index (χ2n) is 4.62. The molecular weight excluding hydrogens is 240 g/mol. The number of hydrogen-bond donors (Lipinski definition) is 0. The van der Waals surface area contributed by atoms with Gasteiger partial charge in [0.2, 0.25) is 0 Å². The minimum absolute atomic E-state index is 0.323. The van der Waals surface area contributed by atoms with Crippen LogP contribution in [0.5, 0.6) is 0 Å². The van der Waals surface area contributed by atoms with E-state index in [0.29, 0.717) is 12.2 Å². The van der Waals surface area contributed by atoms with Crippen molar-refractivity contribution < 1.29 is 9.53 Å². The van der Waals surface area contributed by atoms with Crippen LogP contribution in [0.15, 0.2) is 24.4 Å². The first-order valence-corrected chi connectivity index (χ1v) is 6.33. The molecule has 0 aliphatic heterocycles. The van der Waals surface area contributed by atoms with Crippen molar-refractivity contribution in [2.24, 2.45) is 0 Å². The fraction of sp³-hybridized carbons (Fsp3) is 0.333. The Morgan fingerprint density at radius 1 is 1.21 bits per heavy atom. The zero-order chi connectivity index (χ0) is 14.0. The summed E-state index contributed by atoms with van der Waals surface area (Å²) >= 11 is 0. The van der Waals surface area contributed by atoms with Crippen molar-refractivity contribution in [2.45, 2.75) is 27.7 Å². The first-order valence-electron chi connectivity index (χ1n) is 6.33. The second kappa shape index (κ2) is 5.26. The third kappa shape index (κ3) is 2.67. The Kier molecular flexibility index (Phi) is 3.69. The van der Waals surface area contributed by atoms with Crippen LogP contribution in [-0.2, 0) is 4.74 Å².